The van der Waals surface area contributed by atoms with Crippen LogP contribution in [-0.2, 0) is 16.0 Å². The van der Waals surface area contributed by atoms with Crippen molar-refractivity contribution in [1.29, 1.82) is 0 Å². The lowest BCUT2D eigenvalue weighted by Gasteiger charge is -2.32. The van der Waals surface area contributed by atoms with E-state index in [1.807, 2.05) is 18.2 Å². The van der Waals surface area contributed by atoms with Crippen molar-refractivity contribution in [2.45, 2.75) is 63.0 Å². The third kappa shape index (κ3) is 5.77. The fourth-order valence-electron chi connectivity index (χ4n) is 5.37. The molecule has 0 radical (unpaired) electrons. The minimum absolute atomic E-state index is 0.0275. The van der Waals surface area contributed by atoms with Gasteiger partial charge in [0.05, 0.1) is 7.11 Å². The second-order valence-corrected chi connectivity index (χ2v) is 9.55. The van der Waals surface area contributed by atoms with Gasteiger partial charge >= 0.3 is 0 Å². The fourth-order valence-corrected chi connectivity index (χ4v) is 5.37. The molecule has 1 saturated carbocycles. The van der Waals surface area contributed by atoms with Crippen molar-refractivity contribution < 1.29 is 14.3 Å². The molecule has 0 spiro atoms. The molecule has 0 aromatic heterocycles. The number of hydrogen-bond acceptors (Lipinski definition) is 4. The predicted molar refractivity (Wildman–Crippen MR) is 133 cm³/mol. The highest BCUT2D eigenvalue weighted by Gasteiger charge is 2.42. The molecule has 2 aromatic rings. The number of amides is 1. The highest BCUT2D eigenvalue weighted by Crippen LogP contribution is 2.34. The van der Waals surface area contributed by atoms with E-state index in [1.54, 1.807) is 7.11 Å². The summed E-state index contributed by atoms with van der Waals surface area (Å²) in [6.07, 6.45) is 8.83. The van der Waals surface area contributed by atoms with Crippen molar-refractivity contribution in [2.24, 2.45) is 0 Å². The topological polar surface area (TPSA) is 50.8 Å². The molecule has 1 heterocycles. The Morgan fingerprint density at radius 2 is 1.94 bits per heavy atom. The molecule has 2 fully saturated rings. The van der Waals surface area contributed by atoms with Crippen molar-refractivity contribution in [3.05, 3.63) is 54.1 Å². The molecule has 1 amide bonds. The lowest BCUT2D eigenvalue weighted by molar-refractivity contribution is -0.141. The molecule has 1 atom stereocenters. The van der Waals surface area contributed by atoms with Gasteiger partial charge in [0, 0.05) is 37.7 Å². The summed E-state index contributed by atoms with van der Waals surface area (Å²) in [5.74, 6) is 0.876. The maximum Gasteiger partial charge on any atom is 0.252 e. The largest absolute Gasteiger partial charge is 0.496 e. The molecule has 4 rings (SSSR count). The molecule has 0 unspecified atom stereocenters. The van der Waals surface area contributed by atoms with E-state index in [4.69, 9.17) is 9.47 Å². The number of likely N-dealkylation sites (N-methyl/N-ethyl adjacent to an activating group) is 1. The lowest BCUT2D eigenvalue weighted by Crippen LogP contribution is -2.50. The van der Waals surface area contributed by atoms with Crippen molar-refractivity contribution in [2.75, 3.05) is 33.9 Å². The molecule has 178 valence electrons. The van der Waals surface area contributed by atoms with Gasteiger partial charge in [-0.1, -0.05) is 61.7 Å². The second kappa shape index (κ2) is 11.2. The SMILES string of the molecule is COc1ccccc1-c1cccc(C[C@]2(C(=O)NCCN(C)C3CCCCC3)CCCO2)c1. The molecular weight excluding hydrogens is 412 g/mol. The number of para-hydroxylation sites is 1. The molecule has 1 aliphatic heterocycles. The highest BCUT2D eigenvalue weighted by molar-refractivity contribution is 5.86. The summed E-state index contributed by atoms with van der Waals surface area (Å²) in [5, 5.41) is 3.19. The van der Waals surface area contributed by atoms with E-state index in [9.17, 15) is 4.79 Å². The van der Waals surface area contributed by atoms with Crippen LogP contribution in [-0.4, -0.2) is 56.3 Å². The monoisotopic (exact) mass is 450 g/mol. The first-order valence-electron chi connectivity index (χ1n) is 12.5. The smallest absolute Gasteiger partial charge is 0.252 e. The number of hydrogen-bond donors (Lipinski definition) is 1. The summed E-state index contributed by atoms with van der Waals surface area (Å²) in [5.41, 5.74) is 2.48. The van der Waals surface area contributed by atoms with Gasteiger partial charge in [-0.3, -0.25) is 4.79 Å². The van der Waals surface area contributed by atoms with E-state index in [2.05, 4.69) is 47.6 Å². The zero-order chi connectivity index (χ0) is 23.1. The van der Waals surface area contributed by atoms with Crippen molar-refractivity contribution in [3.63, 3.8) is 0 Å². The van der Waals surface area contributed by atoms with Crippen LogP contribution in [0.4, 0.5) is 0 Å². The number of methoxy groups -OCH3 is 1. The van der Waals surface area contributed by atoms with E-state index in [1.165, 1.54) is 32.1 Å². The zero-order valence-corrected chi connectivity index (χ0v) is 20.1. The van der Waals surface area contributed by atoms with Gasteiger partial charge in [-0.25, -0.2) is 0 Å². The van der Waals surface area contributed by atoms with Crippen LogP contribution in [0.5, 0.6) is 5.75 Å². The molecule has 33 heavy (non-hydrogen) atoms. The Kier molecular flexibility index (Phi) is 8.05. The quantitative estimate of drug-likeness (QED) is 0.594. The molecule has 1 N–H and O–H groups in total. The summed E-state index contributed by atoms with van der Waals surface area (Å²) in [4.78, 5) is 15.7. The standard InChI is InChI=1S/C28H38N2O3/c1-30(24-12-4-3-5-13-24)18-17-29-27(31)28(16-9-19-33-28)21-22-10-8-11-23(20-22)25-14-6-7-15-26(25)32-2/h6-8,10-11,14-15,20,24H,3-5,9,12-13,16-19,21H2,1-2H3,(H,29,31)/t28-/m0/s1. The number of carbonyl (C=O) groups excluding carboxylic acids is 1. The van der Waals surface area contributed by atoms with Crippen molar-refractivity contribution >= 4 is 5.91 Å². The van der Waals surface area contributed by atoms with Gasteiger partial charge in [0.1, 0.15) is 5.75 Å². The number of nitrogens with zero attached hydrogens (tertiary/aromatic N) is 1. The third-order valence-corrected chi connectivity index (χ3v) is 7.30. The zero-order valence-electron chi connectivity index (χ0n) is 20.1. The first kappa shape index (κ1) is 23.8. The molecule has 1 saturated heterocycles. The van der Waals surface area contributed by atoms with Crippen molar-refractivity contribution in [3.8, 4) is 16.9 Å². The van der Waals surface area contributed by atoms with Crippen LogP contribution in [0.15, 0.2) is 48.5 Å². The maximum atomic E-state index is 13.3. The van der Waals surface area contributed by atoms with E-state index in [0.717, 1.165) is 41.8 Å². The second-order valence-electron chi connectivity index (χ2n) is 9.55. The summed E-state index contributed by atoms with van der Waals surface area (Å²) >= 11 is 0. The number of carbonyl (C=O) groups is 1. The normalized spacial score (nSPS) is 21.3. The minimum atomic E-state index is -0.775. The first-order chi connectivity index (χ1) is 16.1. The molecule has 0 bridgehead atoms. The van der Waals surface area contributed by atoms with Gasteiger partial charge in [-0.15, -0.1) is 0 Å². The van der Waals surface area contributed by atoms with Crippen LogP contribution in [0.3, 0.4) is 0 Å². The lowest BCUT2D eigenvalue weighted by atomic mass is 9.89. The Balaban J connectivity index is 1.41. The number of benzene rings is 2. The van der Waals surface area contributed by atoms with Crippen molar-refractivity contribution in [1.82, 2.24) is 10.2 Å². The Bertz CT molecular complexity index is 917. The summed E-state index contributed by atoms with van der Waals surface area (Å²) < 4.78 is 11.7. The van der Waals surface area contributed by atoms with Crippen LogP contribution >= 0.6 is 0 Å². The minimum Gasteiger partial charge on any atom is -0.496 e. The molecular formula is C28H38N2O3. The molecule has 2 aromatic carbocycles. The number of rotatable bonds is 9. The van der Waals surface area contributed by atoms with Gasteiger partial charge in [0.25, 0.3) is 5.91 Å². The van der Waals surface area contributed by atoms with Gasteiger partial charge in [-0.05, 0) is 49.9 Å². The third-order valence-electron chi connectivity index (χ3n) is 7.30. The van der Waals surface area contributed by atoms with E-state index >= 15 is 0 Å². The fraction of sp³-hybridized carbons (Fsp3) is 0.536. The predicted octanol–water partition coefficient (Wildman–Crippen LogP) is 4.83. The Morgan fingerprint density at radius 3 is 2.70 bits per heavy atom. The highest BCUT2D eigenvalue weighted by atomic mass is 16.5. The number of ether oxygens (including phenoxy) is 2. The van der Waals surface area contributed by atoms with Gasteiger partial charge in [0.2, 0.25) is 0 Å². The molecule has 5 heteroatoms. The van der Waals surface area contributed by atoms with Crippen LogP contribution in [0.25, 0.3) is 11.1 Å². The van der Waals surface area contributed by atoms with Crippen LogP contribution in [0.2, 0.25) is 0 Å². The molecule has 1 aliphatic carbocycles. The molecule has 5 nitrogen and oxygen atoms in total. The first-order valence-corrected chi connectivity index (χ1v) is 12.5. The average molecular weight is 451 g/mol. The average Bonchev–Trinajstić information content (AvgIpc) is 3.34. The summed E-state index contributed by atoms with van der Waals surface area (Å²) in [6.45, 7) is 2.19. The van der Waals surface area contributed by atoms with Gasteiger partial charge < -0.3 is 19.7 Å². The van der Waals surface area contributed by atoms with Crippen LogP contribution in [0.1, 0.15) is 50.5 Å². The summed E-state index contributed by atoms with van der Waals surface area (Å²) in [7, 11) is 3.88. The molecule has 2 aliphatic rings. The number of nitrogens with one attached hydrogen (secondary N) is 1. The summed E-state index contributed by atoms with van der Waals surface area (Å²) in [6, 6.07) is 17.1. The Hall–Kier alpha value is -2.37. The van der Waals surface area contributed by atoms with E-state index in [0.29, 0.717) is 25.6 Å². The Morgan fingerprint density at radius 1 is 1.12 bits per heavy atom. The maximum absolute atomic E-state index is 13.3. The van der Waals surface area contributed by atoms with E-state index in [-0.39, 0.29) is 5.91 Å². The van der Waals surface area contributed by atoms with Gasteiger partial charge in [-0.2, -0.15) is 0 Å². The van der Waals surface area contributed by atoms with Gasteiger partial charge in [0.15, 0.2) is 5.60 Å². The van der Waals surface area contributed by atoms with E-state index < -0.39 is 5.60 Å². The van der Waals surface area contributed by atoms with Crippen LogP contribution in [0, 0.1) is 0 Å². The Labute approximate surface area is 198 Å². The van der Waals surface area contributed by atoms with Crippen LogP contribution < -0.4 is 10.1 Å².